The monoisotopic (exact) mass is 193 g/mol. The van der Waals surface area contributed by atoms with Crippen molar-refractivity contribution < 1.29 is 19.7 Å². The number of nitrogens with one attached hydrogen (secondary N) is 1. The Bertz CT molecular complexity index is 131. The van der Waals surface area contributed by atoms with Gasteiger partial charge in [0.2, 0.25) is 11.8 Å². The summed E-state index contributed by atoms with van der Waals surface area (Å²) in [5, 5.41) is 21.4. The molecule has 5 heteroatoms. The van der Waals surface area contributed by atoms with E-state index in [-0.39, 0.29) is 0 Å². The van der Waals surface area contributed by atoms with Gasteiger partial charge in [-0.25, -0.2) is 5.32 Å². The summed E-state index contributed by atoms with van der Waals surface area (Å²) in [6, 6.07) is 0. The molecule has 0 aliphatic carbocycles. The Balaban J connectivity index is 4.07. The Hall–Kier alpha value is -0.200. The number of hydrogen-bond donors (Lipinski definition) is 3. The molecule has 0 saturated carbocycles. The lowest BCUT2D eigenvalue weighted by Crippen LogP contribution is -2.58. The zero-order chi connectivity index (χ0) is 10.5. The maximum Gasteiger partial charge on any atom is 0.225 e. The smallest absolute Gasteiger partial charge is 0.225 e. The van der Waals surface area contributed by atoms with Crippen LogP contribution < -0.4 is 5.32 Å². The van der Waals surface area contributed by atoms with E-state index in [0.717, 1.165) is 0 Å². The van der Waals surface area contributed by atoms with Crippen LogP contribution in [-0.2, 0) is 9.47 Å². The summed E-state index contributed by atoms with van der Waals surface area (Å²) in [6.45, 7) is 6.94. The molecule has 2 unspecified atom stereocenters. The molecule has 0 aromatic rings. The van der Waals surface area contributed by atoms with Crippen LogP contribution in [0.15, 0.2) is 0 Å². The first kappa shape index (κ1) is 12.8. The molecule has 0 bridgehead atoms. The molecule has 0 spiro atoms. The number of hydrogen-bond acceptors (Lipinski definition) is 5. The van der Waals surface area contributed by atoms with Crippen molar-refractivity contribution in [3.05, 3.63) is 0 Å². The highest BCUT2D eigenvalue weighted by Crippen LogP contribution is 2.09. The molecule has 0 heterocycles. The molecular weight excluding hydrogens is 174 g/mol. The second-order valence-electron chi connectivity index (χ2n) is 2.96. The van der Waals surface area contributed by atoms with E-state index in [1.54, 1.807) is 13.8 Å². The highest BCUT2D eigenvalue weighted by molar-refractivity contribution is 4.64. The fourth-order valence-corrected chi connectivity index (χ4v) is 1.06. The summed E-state index contributed by atoms with van der Waals surface area (Å²) < 4.78 is 9.83. The van der Waals surface area contributed by atoms with Gasteiger partial charge in [0.25, 0.3) is 0 Å². The summed E-state index contributed by atoms with van der Waals surface area (Å²) in [7, 11) is 0. The third-order valence-corrected chi connectivity index (χ3v) is 1.31. The maximum absolute atomic E-state index is 9.50. The summed E-state index contributed by atoms with van der Waals surface area (Å²) in [5.74, 6) is -3.18. The van der Waals surface area contributed by atoms with E-state index in [2.05, 4.69) is 5.32 Å². The first-order chi connectivity index (χ1) is 5.83. The van der Waals surface area contributed by atoms with Gasteiger partial charge in [-0.3, -0.25) is 0 Å². The van der Waals surface area contributed by atoms with Gasteiger partial charge in [-0.2, -0.15) is 0 Å². The molecule has 2 atom stereocenters. The minimum Gasteiger partial charge on any atom is -0.353 e. The topological polar surface area (TPSA) is 71.0 Å². The Morgan fingerprint density at radius 2 is 1.31 bits per heavy atom. The highest BCUT2D eigenvalue weighted by atomic mass is 16.7. The second kappa shape index (κ2) is 4.88. The number of rotatable bonds is 6. The molecule has 0 amide bonds. The predicted molar refractivity (Wildman–Crippen MR) is 47.6 cm³/mol. The van der Waals surface area contributed by atoms with Crippen molar-refractivity contribution >= 4 is 0 Å². The minimum absolute atomic E-state index is 0.336. The number of ether oxygens (including phenoxy) is 2. The van der Waals surface area contributed by atoms with Crippen molar-refractivity contribution in [2.24, 2.45) is 0 Å². The van der Waals surface area contributed by atoms with Gasteiger partial charge in [-0.1, -0.05) is 0 Å². The van der Waals surface area contributed by atoms with Crippen LogP contribution in [0.5, 0.6) is 0 Å². The van der Waals surface area contributed by atoms with Crippen molar-refractivity contribution in [1.82, 2.24) is 5.32 Å². The first-order valence-electron chi connectivity index (χ1n) is 4.35. The fourth-order valence-electron chi connectivity index (χ4n) is 1.06. The van der Waals surface area contributed by atoms with E-state index in [1.165, 1.54) is 13.8 Å². The molecule has 0 aromatic heterocycles. The zero-order valence-electron chi connectivity index (χ0n) is 8.63. The van der Waals surface area contributed by atoms with Gasteiger partial charge in [0.1, 0.15) is 0 Å². The van der Waals surface area contributed by atoms with Gasteiger partial charge in [0, 0.05) is 27.1 Å². The average molecular weight is 193 g/mol. The largest absolute Gasteiger partial charge is 0.353 e. The SMILES string of the molecule is CCOC(C)(O)NC(C)(O)OCC. The second-order valence-corrected chi connectivity index (χ2v) is 2.96. The lowest BCUT2D eigenvalue weighted by Gasteiger charge is -2.33. The van der Waals surface area contributed by atoms with Crippen molar-refractivity contribution in [2.45, 2.75) is 39.5 Å². The Morgan fingerprint density at radius 3 is 1.54 bits per heavy atom. The molecule has 0 radical (unpaired) electrons. The number of aliphatic hydroxyl groups is 2. The van der Waals surface area contributed by atoms with Crippen molar-refractivity contribution in [1.29, 1.82) is 0 Å². The standard InChI is InChI=1S/C8H19NO4/c1-5-12-7(3,10)9-8(4,11)13-6-2/h9-11H,5-6H2,1-4H3. The normalized spacial score (nSPS) is 20.8. The van der Waals surface area contributed by atoms with Crippen molar-refractivity contribution in [2.75, 3.05) is 13.2 Å². The van der Waals surface area contributed by atoms with Crippen molar-refractivity contribution in [3.8, 4) is 0 Å². The molecule has 0 saturated heterocycles. The molecule has 3 N–H and O–H groups in total. The summed E-state index contributed by atoms with van der Waals surface area (Å²) >= 11 is 0. The third-order valence-electron chi connectivity index (χ3n) is 1.31. The molecular formula is C8H19NO4. The van der Waals surface area contributed by atoms with Gasteiger partial charge < -0.3 is 19.7 Å². The fraction of sp³-hybridized carbons (Fsp3) is 1.00. The lowest BCUT2D eigenvalue weighted by molar-refractivity contribution is -0.301. The van der Waals surface area contributed by atoms with E-state index >= 15 is 0 Å². The summed E-state index contributed by atoms with van der Waals surface area (Å²) in [6.07, 6.45) is 0. The summed E-state index contributed by atoms with van der Waals surface area (Å²) in [4.78, 5) is 0. The quantitative estimate of drug-likeness (QED) is 0.517. The molecule has 0 aromatic carbocycles. The third kappa shape index (κ3) is 5.95. The Morgan fingerprint density at radius 1 is 1.00 bits per heavy atom. The predicted octanol–water partition coefficient (Wildman–Crippen LogP) is -0.0190. The van der Waals surface area contributed by atoms with Gasteiger partial charge >= 0.3 is 0 Å². The van der Waals surface area contributed by atoms with E-state index in [9.17, 15) is 10.2 Å². The van der Waals surface area contributed by atoms with Crippen LogP contribution in [0.1, 0.15) is 27.7 Å². The van der Waals surface area contributed by atoms with E-state index in [0.29, 0.717) is 13.2 Å². The van der Waals surface area contributed by atoms with Gasteiger partial charge in [0.15, 0.2) is 0 Å². The first-order valence-corrected chi connectivity index (χ1v) is 4.35. The van der Waals surface area contributed by atoms with Crippen molar-refractivity contribution in [3.63, 3.8) is 0 Å². The Labute approximate surface area is 78.7 Å². The Kier molecular flexibility index (Phi) is 4.80. The van der Waals surface area contributed by atoms with Gasteiger partial charge in [-0.15, -0.1) is 0 Å². The molecule has 0 aliphatic heterocycles. The van der Waals surface area contributed by atoms with Crippen LogP contribution >= 0.6 is 0 Å². The molecule has 13 heavy (non-hydrogen) atoms. The maximum atomic E-state index is 9.50. The minimum atomic E-state index is -1.59. The molecule has 80 valence electrons. The highest BCUT2D eigenvalue weighted by Gasteiger charge is 2.31. The van der Waals surface area contributed by atoms with E-state index in [1.807, 2.05) is 0 Å². The molecule has 0 aliphatic rings. The molecule has 0 fully saturated rings. The van der Waals surface area contributed by atoms with Crippen LogP contribution in [0.4, 0.5) is 0 Å². The van der Waals surface area contributed by atoms with E-state index in [4.69, 9.17) is 9.47 Å². The van der Waals surface area contributed by atoms with E-state index < -0.39 is 11.8 Å². The van der Waals surface area contributed by atoms with Crippen LogP contribution in [-0.4, -0.2) is 35.2 Å². The van der Waals surface area contributed by atoms with Crippen LogP contribution in [0.3, 0.4) is 0 Å². The van der Waals surface area contributed by atoms with Crippen LogP contribution in [0, 0.1) is 0 Å². The van der Waals surface area contributed by atoms with Crippen LogP contribution in [0.25, 0.3) is 0 Å². The summed E-state index contributed by atoms with van der Waals surface area (Å²) in [5.41, 5.74) is 0. The molecule has 5 nitrogen and oxygen atoms in total. The lowest BCUT2D eigenvalue weighted by atomic mass is 10.4. The zero-order valence-corrected chi connectivity index (χ0v) is 8.63. The van der Waals surface area contributed by atoms with Gasteiger partial charge in [0.05, 0.1) is 0 Å². The van der Waals surface area contributed by atoms with Gasteiger partial charge in [-0.05, 0) is 13.8 Å². The van der Waals surface area contributed by atoms with Crippen LogP contribution in [0.2, 0.25) is 0 Å². The average Bonchev–Trinajstić information content (AvgIpc) is 1.82. The molecule has 0 rings (SSSR count).